The predicted molar refractivity (Wildman–Crippen MR) is 70.3 cm³/mol. The van der Waals surface area contributed by atoms with Crippen LogP contribution in [0, 0.1) is 0 Å². The zero-order valence-electron chi connectivity index (χ0n) is 10.8. The Morgan fingerprint density at radius 3 is 3.05 bits per heavy atom. The molecule has 0 spiro atoms. The summed E-state index contributed by atoms with van der Waals surface area (Å²) in [6.45, 7) is 1.96. The van der Waals surface area contributed by atoms with Crippen LogP contribution in [0.3, 0.4) is 0 Å². The molecule has 19 heavy (non-hydrogen) atoms. The third-order valence-electron chi connectivity index (χ3n) is 3.67. The smallest absolute Gasteiger partial charge is 0.337 e. The van der Waals surface area contributed by atoms with E-state index in [1.165, 1.54) is 0 Å². The number of likely N-dealkylation sites (tertiary alicyclic amines) is 1. The van der Waals surface area contributed by atoms with Crippen molar-refractivity contribution in [2.45, 2.75) is 18.9 Å². The molecule has 1 N–H and O–H groups in total. The number of aromatic carboxylic acids is 1. The Balaban J connectivity index is 2.11. The van der Waals surface area contributed by atoms with Crippen molar-refractivity contribution in [1.29, 1.82) is 0 Å². The van der Waals surface area contributed by atoms with Crippen LogP contribution < -0.4 is 0 Å². The number of hydrogen-bond donors (Lipinski definition) is 1. The van der Waals surface area contributed by atoms with Crippen LogP contribution in [0.25, 0.3) is 11.0 Å². The highest BCUT2D eigenvalue weighted by Crippen LogP contribution is 2.25. The lowest BCUT2D eigenvalue weighted by atomic mass is 10.1. The number of carbonyl (C=O) groups is 1. The number of para-hydroxylation sites is 1. The zero-order chi connectivity index (χ0) is 13.4. The molecule has 2 aromatic rings. The summed E-state index contributed by atoms with van der Waals surface area (Å²) in [5.41, 5.74) is 1.55. The largest absolute Gasteiger partial charge is 0.478 e. The van der Waals surface area contributed by atoms with Crippen molar-refractivity contribution in [3.63, 3.8) is 0 Å². The number of piperidine rings is 1. The normalized spacial score (nSPS) is 20.8. The molecule has 3 rings (SSSR count). The van der Waals surface area contributed by atoms with Crippen molar-refractivity contribution in [3.05, 3.63) is 23.8 Å². The number of hydrogen-bond acceptors (Lipinski definition) is 4. The van der Waals surface area contributed by atoms with Gasteiger partial charge in [-0.1, -0.05) is 11.3 Å². The van der Waals surface area contributed by atoms with E-state index in [0.29, 0.717) is 11.0 Å². The number of carboxylic acids is 1. The van der Waals surface area contributed by atoms with Gasteiger partial charge in [-0.15, -0.1) is 5.10 Å². The molecule has 1 saturated heterocycles. The summed E-state index contributed by atoms with van der Waals surface area (Å²) in [7, 11) is 2.07. The molecule has 100 valence electrons. The fourth-order valence-electron chi connectivity index (χ4n) is 2.76. The molecule has 1 aliphatic rings. The third-order valence-corrected chi connectivity index (χ3v) is 3.67. The van der Waals surface area contributed by atoms with Crippen molar-refractivity contribution >= 4 is 17.0 Å². The fourth-order valence-corrected chi connectivity index (χ4v) is 2.76. The average molecular weight is 260 g/mol. The van der Waals surface area contributed by atoms with Crippen molar-refractivity contribution in [2.75, 3.05) is 20.1 Å². The summed E-state index contributed by atoms with van der Waals surface area (Å²) < 4.78 is 1.79. The van der Waals surface area contributed by atoms with Gasteiger partial charge in [0.1, 0.15) is 11.0 Å². The molecular weight excluding hydrogens is 244 g/mol. The van der Waals surface area contributed by atoms with Gasteiger partial charge in [-0.3, -0.25) is 0 Å². The maximum atomic E-state index is 11.3. The molecule has 1 fully saturated rings. The summed E-state index contributed by atoms with van der Waals surface area (Å²) in [5, 5.41) is 17.6. The van der Waals surface area contributed by atoms with E-state index in [1.807, 2.05) is 0 Å². The van der Waals surface area contributed by atoms with Gasteiger partial charge in [0.2, 0.25) is 0 Å². The van der Waals surface area contributed by atoms with Crippen LogP contribution >= 0.6 is 0 Å². The number of carboxylic acid groups (broad SMARTS) is 1. The van der Waals surface area contributed by atoms with E-state index in [1.54, 1.807) is 22.9 Å². The Morgan fingerprint density at radius 2 is 2.32 bits per heavy atom. The number of aromatic nitrogens is 3. The number of nitrogens with zero attached hydrogens (tertiary/aromatic N) is 4. The van der Waals surface area contributed by atoms with Gasteiger partial charge in [-0.25, -0.2) is 9.48 Å². The Kier molecular flexibility index (Phi) is 2.94. The van der Waals surface area contributed by atoms with Crippen molar-refractivity contribution in [2.24, 2.45) is 0 Å². The van der Waals surface area contributed by atoms with Crippen LogP contribution in [0.1, 0.15) is 29.2 Å². The molecule has 1 unspecified atom stereocenters. The van der Waals surface area contributed by atoms with Crippen LogP contribution in [-0.4, -0.2) is 51.1 Å². The minimum atomic E-state index is -0.932. The first kappa shape index (κ1) is 12.1. The molecule has 0 radical (unpaired) electrons. The van der Waals surface area contributed by atoms with Crippen LogP contribution in [-0.2, 0) is 0 Å². The standard InChI is InChI=1S/C13H16N4O2/c1-16-7-3-4-9(8-16)17-12-10(13(18)19)5-2-6-11(12)14-15-17/h2,5-6,9H,3-4,7-8H2,1H3,(H,18,19). The van der Waals surface area contributed by atoms with E-state index in [2.05, 4.69) is 22.3 Å². The average Bonchev–Trinajstić information content (AvgIpc) is 2.82. The Bertz CT molecular complexity index is 622. The first-order chi connectivity index (χ1) is 9.16. The quantitative estimate of drug-likeness (QED) is 0.883. The fraction of sp³-hybridized carbons (Fsp3) is 0.462. The lowest BCUT2D eigenvalue weighted by Crippen LogP contribution is -2.34. The SMILES string of the molecule is CN1CCCC(n2nnc3cccc(C(=O)O)c32)C1. The van der Waals surface area contributed by atoms with Gasteiger partial charge < -0.3 is 10.0 Å². The van der Waals surface area contributed by atoms with E-state index < -0.39 is 5.97 Å². The number of fused-ring (bicyclic) bond motifs is 1. The molecule has 1 aromatic carbocycles. The Morgan fingerprint density at radius 1 is 1.47 bits per heavy atom. The van der Waals surface area contributed by atoms with E-state index in [9.17, 15) is 9.90 Å². The van der Waals surface area contributed by atoms with E-state index in [4.69, 9.17) is 0 Å². The second-order valence-electron chi connectivity index (χ2n) is 5.07. The van der Waals surface area contributed by atoms with Crippen molar-refractivity contribution < 1.29 is 9.90 Å². The van der Waals surface area contributed by atoms with E-state index in [-0.39, 0.29) is 11.6 Å². The maximum Gasteiger partial charge on any atom is 0.337 e. The molecule has 2 heterocycles. The van der Waals surface area contributed by atoms with Crippen LogP contribution in [0.2, 0.25) is 0 Å². The summed E-state index contributed by atoms with van der Waals surface area (Å²) in [4.78, 5) is 13.6. The highest BCUT2D eigenvalue weighted by molar-refractivity contribution is 6.00. The van der Waals surface area contributed by atoms with E-state index >= 15 is 0 Å². The first-order valence-corrected chi connectivity index (χ1v) is 6.42. The molecule has 1 atom stereocenters. The molecule has 6 heteroatoms. The first-order valence-electron chi connectivity index (χ1n) is 6.42. The summed E-state index contributed by atoms with van der Waals surface area (Å²) in [6, 6.07) is 5.32. The summed E-state index contributed by atoms with van der Waals surface area (Å²) in [5.74, 6) is -0.932. The van der Waals surface area contributed by atoms with E-state index in [0.717, 1.165) is 25.9 Å². The number of benzene rings is 1. The number of likely N-dealkylation sites (N-methyl/N-ethyl adjacent to an activating group) is 1. The van der Waals surface area contributed by atoms with Gasteiger partial charge in [0.15, 0.2) is 0 Å². The second kappa shape index (κ2) is 4.62. The molecule has 0 saturated carbocycles. The zero-order valence-corrected chi connectivity index (χ0v) is 10.8. The Labute approximate surface area is 110 Å². The molecule has 1 aliphatic heterocycles. The Hall–Kier alpha value is -1.95. The summed E-state index contributed by atoms with van der Waals surface area (Å²) in [6.07, 6.45) is 2.11. The lowest BCUT2D eigenvalue weighted by molar-refractivity contribution is 0.0698. The molecule has 0 amide bonds. The van der Waals surface area contributed by atoms with Crippen molar-refractivity contribution in [3.8, 4) is 0 Å². The monoisotopic (exact) mass is 260 g/mol. The highest BCUT2D eigenvalue weighted by Gasteiger charge is 2.24. The summed E-state index contributed by atoms with van der Waals surface area (Å²) >= 11 is 0. The van der Waals surface area contributed by atoms with Gasteiger partial charge in [0.05, 0.1) is 11.6 Å². The van der Waals surface area contributed by atoms with Gasteiger partial charge >= 0.3 is 5.97 Å². The van der Waals surface area contributed by atoms with Gasteiger partial charge in [-0.2, -0.15) is 0 Å². The minimum absolute atomic E-state index is 0.198. The predicted octanol–water partition coefficient (Wildman–Crippen LogP) is 1.40. The van der Waals surface area contributed by atoms with Gasteiger partial charge in [0, 0.05) is 6.54 Å². The third kappa shape index (κ3) is 2.08. The maximum absolute atomic E-state index is 11.3. The van der Waals surface area contributed by atoms with Crippen LogP contribution in [0.4, 0.5) is 0 Å². The second-order valence-corrected chi connectivity index (χ2v) is 5.07. The minimum Gasteiger partial charge on any atom is -0.478 e. The van der Waals surface area contributed by atoms with Gasteiger partial charge in [0.25, 0.3) is 0 Å². The molecule has 6 nitrogen and oxygen atoms in total. The topological polar surface area (TPSA) is 71.2 Å². The van der Waals surface area contributed by atoms with Crippen molar-refractivity contribution in [1.82, 2.24) is 19.9 Å². The molecule has 0 bridgehead atoms. The lowest BCUT2D eigenvalue weighted by Gasteiger charge is -2.29. The highest BCUT2D eigenvalue weighted by atomic mass is 16.4. The molecule has 1 aromatic heterocycles. The number of rotatable bonds is 2. The van der Waals surface area contributed by atoms with Crippen LogP contribution in [0.15, 0.2) is 18.2 Å². The van der Waals surface area contributed by atoms with Crippen LogP contribution in [0.5, 0.6) is 0 Å². The molecule has 0 aliphatic carbocycles. The van der Waals surface area contributed by atoms with Gasteiger partial charge in [-0.05, 0) is 38.6 Å². The molecular formula is C13H16N4O2.